The van der Waals surface area contributed by atoms with Crippen molar-refractivity contribution in [3.63, 3.8) is 0 Å². The van der Waals surface area contributed by atoms with E-state index in [4.69, 9.17) is 5.73 Å². The van der Waals surface area contributed by atoms with Gasteiger partial charge in [-0.25, -0.2) is 9.78 Å². The van der Waals surface area contributed by atoms with Gasteiger partial charge in [0, 0.05) is 11.6 Å². The number of nitrogens with two attached hydrogens (primary N) is 1. The lowest BCUT2D eigenvalue weighted by atomic mass is 9.64. The third-order valence-electron chi connectivity index (χ3n) is 5.63. The fraction of sp³-hybridized carbons (Fsp3) is 0.444. The summed E-state index contributed by atoms with van der Waals surface area (Å²) in [4.78, 5) is 17.3. The predicted molar refractivity (Wildman–Crippen MR) is 90.4 cm³/mol. The molecule has 2 saturated heterocycles. The Bertz CT molecular complexity index is 912. The van der Waals surface area contributed by atoms with Gasteiger partial charge in [0.1, 0.15) is 0 Å². The summed E-state index contributed by atoms with van der Waals surface area (Å²) in [7, 11) is 0. The van der Waals surface area contributed by atoms with Crippen LogP contribution in [0.1, 0.15) is 42.5 Å². The highest BCUT2D eigenvalue weighted by Gasteiger charge is 2.56. The normalized spacial score (nSPS) is 24.4. The van der Waals surface area contributed by atoms with Crippen molar-refractivity contribution in [2.24, 2.45) is 5.73 Å². The summed E-state index contributed by atoms with van der Waals surface area (Å²) in [5.41, 5.74) is 6.05. The number of amides is 2. The number of hydrogen-bond acceptors (Lipinski definition) is 4. The van der Waals surface area contributed by atoms with Gasteiger partial charge < -0.3 is 10.6 Å². The molecule has 2 bridgehead atoms. The average Bonchev–Trinajstić information content (AvgIpc) is 2.61. The second kappa shape index (κ2) is 5.90. The van der Waals surface area contributed by atoms with Crippen LogP contribution in [0.2, 0.25) is 0 Å². The molecule has 2 atom stereocenters. The van der Waals surface area contributed by atoms with Crippen molar-refractivity contribution in [2.45, 2.75) is 50.4 Å². The Kier molecular flexibility index (Phi) is 3.87. The lowest BCUT2D eigenvalue weighted by Gasteiger charge is -2.61. The van der Waals surface area contributed by atoms with Crippen LogP contribution in [-0.2, 0) is 11.7 Å². The number of carbonyl (C=O) groups excluding carboxylic acids is 1. The minimum atomic E-state index is -4.60. The second-order valence-corrected chi connectivity index (χ2v) is 7.18. The number of aromatic nitrogens is 3. The van der Waals surface area contributed by atoms with Gasteiger partial charge in [-0.05, 0) is 49.8 Å². The van der Waals surface area contributed by atoms with Crippen LogP contribution in [0.5, 0.6) is 0 Å². The minimum absolute atomic E-state index is 0.0853. The number of hydrogen-bond donors (Lipinski definition) is 1. The Balaban J connectivity index is 1.78. The highest BCUT2D eigenvalue weighted by molar-refractivity contribution is 5.76. The first-order chi connectivity index (χ1) is 12.7. The molecule has 1 aromatic carbocycles. The molecule has 0 radical (unpaired) electrons. The van der Waals surface area contributed by atoms with Gasteiger partial charge in [0.25, 0.3) is 0 Å². The van der Waals surface area contributed by atoms with E-state index in [9.17, 15) is 18.0 Å². The highest BCUT2D eigenvalue weighted by atomic mass is 19.4. The molecular weight excluding hydrogens is 359 g/mol. The molecule has 6 nitrogen and oxygen atoms in total. The minimum Gasteiger partial charge on any atom is -0.351 e. The van der Waals surface area contributed by atoms with E-state index in [2.05, 4.69) is 15.2 Å². The molecule has 1 aromatic heterocycles. The number of fused-ring (bicyclic) bond motifs is 2. The molecule has 27 heavy (non-hydrogen) atoms. The van der Waals surface area contributed by atoms with Gasteiger partial charge in [0.15, 0.2) is 11.5 Å². The number of piperidine rings is 1. The number of urea groups is 1. The lowest BCUT2D eigenvalue weighted by molar-refractivity contribution is -0.141. The SMILES string of the molecule is Cc1ccc(C23CCCC(C2)N3C(N)=O)cc1-c1nncc(C(F)(F)F)n1. The van der Waals surface area contributed by atoms with Crippen LogP contribution >= 0.6 is 0 Å². The first-order valence-electron chi connectivity index (χ1n) is 8.69. The van der Waals surface area contributed by atoms with Gasteiger partial charge in [-0.2, -0.15) is 18.3 Å². The molecule has 2 aliphatic heterocycles. The molecule has 3 fully saturated rings. The Hall–Kier alpha value is -2.71. The lowest BCUT2D eigenvalue weighted by Crippen LogP contribution is -2.69. The first kappa shape index (κ1) is 17.7. The third-order valence-corrected chi connectivity index (χ3v) is 5.63. The summed E-state index contributed by atoms with van der Waals surface area (Å²) >= 11 is 0. The van der Waals surface area contributed by atoms with E-state index < -0.39 is 23.4 Å². The van der Waals surface area contributed by atoms with E-state index >= 15 is 0 Å². The molecule has 2 N–H and O–H groups in total. The summed E-state index contributed by atoms with van der Waals surface area (Å²) in [6.45, 7) is 1.77. The van der Waals surface area contributed by atoms with Crippen molar-refractivity contribution in [1.82, 2.24) is 20.1 Å². The smallest absolute Gasteiger partial charge is 0.351 e. The van der Waals surface area contributed by atoms with Crippen LogP contribution in [0, 0.1) is 6.92 Å². The number of alkyl halides is 3. The summed E-state index contributed by atoms with van der Waals surface area (Å²) in [5, 5.41) is 7.26. The van der Waals surface area contributed by atoms with E-state index in [1.807, 2.05) is 12.1 Å². The average molecular weight is 377 g/mol. The zero-order valence-electron chi connectivity index (χ0n) is 14.6. The van der Waals surface area contributed by atoms with Crippen molar-refractivity contribution >= 4 is 6.03 Å². The second-order valence-electron chi connectivity index (χ2n) is 7.18. The molecule has 9 heteroatoms. The summed E-state index contributed by atoms with van der Waals surface area (Å²) in [5.74, 6) is -0.0853. The zero-order chi connectivity index (χ0) is 19.4. The zero-order valence-corrected chi connectivity index (χ0v) is 14.6. The van der Waals surface area contributed by atoms with Crippen molar-refractivity contribution < 1.29 is 18.0 Å². The summed E-state index contributed by atoms with van der Waals surface area (Å²) in [6, 6.07) is 5.14. The summed E-state index contributed by atoms with van der Waals surface area (Å²) in [6.07, 6.45) is -0.518. The number of aryl methyl sites for hydroxylation is 1. The standard InChI is InChI=1S/C18H18F3N5O/c1-10-4-5-11(17-6-2-3-12(8-17)26(17)16(22)27)7-13(10)15-24-14(9-23-25-15)18(19,20)21/h4-5,7,9,12H,2-3,6,8H2,1H3,(H2,22,27). The third kappa shape index (κ3) is 2.72. The molecule has 2 unspecified atom stereocenters. The number of primary amides is 1. The van der Waals surface area contributed by atoms with Crippen LogP contribution in [0.15, 0.2) is 24.4 Å². The molecule has 142 valence electrons. The quantitative estimate of drug-likeness (QED) is 0.869. The highest BCUT2D eigenvalue weighted by Crippen LogP contribution is 2.54. The van der Waals surface area contributed by atoms with Gasteiger partial charge in [-0.1, -0.05) is 12.1 Å². The number of rotatable bonds is 2. The van der Waals surface area contributed by atoms with E-state index in [1.54, 1.807) is 17.9 Å². The first-order valence-corrected chi connectivity index (χ1v) is 8.69. The number of carbonyl (C=O) groups is 1. The number of nitrogens with zero attached hydrogens (tertiary/aromatic N) is 4. The largest absolute Gasteiger partial charge is 0.435 e. The Morgan fingerprint density at radius 2 is 2.15 bits per heavy atom. The maximum Gasteiger partial charge on any atom is 0.435 e. The molecule has 2 aromatic rings. The summed E-state index contributed by atoms with van der Waals surface area (Å²) < 4.78 is 38.9. The maximum atomic E-state index is 13.0. The molecule has 5 rings (SSSR count). The predicted octanol–water partition coefficient (Wildman–Crippen LogP) is 3.40. The van der Waals surface area contributed by atoms with Gasteiger partial charge in [0.05, 0.1) is 11.7 Å². The fourth-order valence-corrected chi connectivity index (χ4v) is 4.40. The molecule has 1 saturated carbocycles. The molecule has 3 aliphatic rings. The molecule has 1 aliphatic carbocycles. The van der Waals surface area contributed by atoms with Crippen LogP contribution in [-0.4, -0.2) is 32.2 Å². The van der Waals surface area contributed by atoms with Crippen LogP contribution in [0.25, 0.3) is 11.4 Å². The van der Waals surface area contributed by atoms with Gasteiger partial charge >= 0.3 is 12.2 Å². The van der Waals surface area contributed by atoms with Crippen LogP contribution in [0.3, 0.4) is 0 Å². The monoisotopic (exact) mass is 377 g/mol. The van der Waals surface area contributed by atoms with E-state index in [0.717, 1.165) is 36.8 Å². The molecule has 0 spiro atoms. The van der Waals surface area contributed by atoms with E-state index in [1.165, 1.54) is 0 Å². The van der Waals surface area contributed by atoms with Crippen molar-refractivity contribution in [3.8, 4) is 11.4 Å². The van der Waals surface area contributed by atoms with Crippen molar-refractivity contribution in [2.75, 3.05) is 0 Å². The van der Waals surface area contributed by atoms with E-state index in [0.29, 0.717) is 11.8 Å². The number of halogens is 3. The van der Waals surface area contributed by atoms with Crippen molar-refractivity contribution in [3.05, 3.63) is 41.2 Å². The van der Waals surface area contributed by atoms with Crippen LogP contribution < -0.4 is 5.73 Å². The molecule has 2 amide bonds. The Morgan fingerprint density at radius 1 is 1.37 bits per heavy atom. The fourth-order valence-electron chi connectivity index (χ4n) is 4.40. The topological polar surface area (TPSA) is 85.0 Å². The number of benzene rings is 1. The Labute approximate surface area is 153 Å². The van der Waals surface area contributed by atoms with Gasteiger partial charge in [-0.3, -0.25) is 0 Å². The van der Waals surface area contributed by atoms with Crippen LogP contribution in [0.4, 0.5) is 18.0 Å². The Morgan fingerprint density at radius 3 is 2.81 bits per heavy atom. The molecule has 3 heterocycles. The maximum absolute atomic E-state index is 13.0. The van der Waals surface area contributed by atoms with Crippen molar-refractivity contribution in [1.29, 1.82) is 0 Å². The molecular formula is C18H18F3N5O. The van der Waals surface area contributed by atoms with Gasteiger partial charge in [-0.15, -0.1) is 5.10 Å². The van der Waals surface area contributed by atoms with E-state index in [-0.39, 0.29) is 11.9 Å². The van der Waals surface area contributed by atoms with Gasteiger partial charge in [0.2, 0.25) is 0 Å².